The molecule has 1 N–H and O–H groups in total. The van der Waals surface area contributed by atoms with Gasteiger partial charge >= 0.3 is 12.4 Å². The minimum atomic E-state index is -4.80. The van der Waals surface area contributed by atoms with Gasteiger partial charge in [0.15, 0.2) is 0 Å². The van der Waals surface area contributed by atoms with E-state index in [-0.39, 0.29) is 18.2 Å². The van der Waals surface area contributed by atoms with E-state index in [4.69, 9.17) is 0 Å². The Morgan fingerprint density at radius 1 is 0.952 bits per heavy atom. The van der Waals surface area contributed by atoms with E-state index in [0.717, 1.165) is 12.1 Å². The summed E-state index contributed by atoms with van der Waals surface area (Å²) in [4.78, 5) is 0. The Morgan fingerprint density at radius 2 is 1.48 bits per heavy atom. The van der Waals surface area contributed by atoms with Gasteiger partial charge in [-0.15, -0.1) is 0 Å². The van der Waals surface area contributed by atoms with Gasteiger partial charge in [-0.25, -0.2) is 0 Å². The highest BCUT2D eigenvalue weighted by atomic mass is 19.4. The van der Waals surface area contributed by atoms with Crippen molar-refractivity contribution in [1.82, 2.24) is 5.32 Å². The molecule has 0 radical (unpaired) electrons. The zero-order valence-electron chi connectivity index (χ0n) is 11.3. The van der Waals surface area contributed by atoms with Crippen LogP contribution in [0, 0.1) is 0 Å². The van der Waals surface area contributed by atoms with E-state index < -0.39 is 23.5 Å². The van der Waals surface area contributed by atoms with Gasteiger partial charge in [-0.05, 0) is 43.7 Å². The van der Waals surface area contributed by atoms with Crippen molar-refractivity contribution in [3.05, 3.63) is 47.0 Å². The normalized spacial score (nSPS) is 13.1. The van der Waals surface area contributed by atoms with Gasteiger partial charge in [0.25, 0.3) is 0 Å². The fraction of sp³-hybridized carbons (Fsp3) is 0.429. The molecule has 0 heterocycles. The molecule has 1 aromatic carbocycles. The molecule has 21 heavy (non-hydrogen) atoms. The summed E-state index contributed by atoms with van der Waals surface area (Å²) in [6.45, 7) is 2.24. The number of rotatable bonds is 5. The van der Waals surface area contributed by atoms with Gasteiger partial charge in [0.1, 0.15) is 0 Å². The maximum Gasteiger partial charge on any atom is 0.416 e. The first kappa shape index (κ1) is 17.6. The Kier molecular flexibility index (Phi) is 5.83. The summed E-state index contributed by atoms with van der Waals surface area (Å²) in [5.41, 5.74) is -2.62. The molecule has 118 valence electrons. The standard InChI is InChI=1S/C14H15F6N/c1-2-3-4-5-21-9-10-6-11(13(15,16)17)8-12(7-10)14(18,19)20/h2-3,6-8,21H,4-5,9H2,1H3/b3-2+. The lowest BCUT2D eigenvalue weighted by molar-refractivity contribution is -0.143. The van der Waals surface area contributed by atoms with Gasteiger partial charge < -0.3 is 5.32 Å². The lowest BCUT2D eigenvalue weighted by atomic mass is 10.0. The van der Waals surface area contributed by atoms with Crippen LogP contribution in [0.4, 0.5) is 26.3 Å². The SMILES string of the molecule is C/C=C/CCNCc1cc(C(F)(F)F)cc(C(F)(F)F)c1. The van der Waals surface area contributed by atoms with Crippen LogP contribution in [0.1, 0.15) is 30.0 Å². The monoisotopic (exact) mass is 311 g/mol. The number of nitrogens with one attached hydrogen (secondary N) is 1. The molecular weight excluding hydrogens is 296 g/mol. The zero-order chi connectivity index (χ0) is 16.1. The summed E-state index contributed by atoms with van der Waals surface area (Å²) in [7, 11) is 0. The average molecular weight is 311 g/mol. The average Bonchev–Trinajstić information content (AvgIpc) is 2.36. The van der Waals surface area contributed by atoms with Gasteiger partial charge in [0.05, 0.1) is 11.1 Å². The van der Waals surface area contributed by atoms with Crippen molar-refractivity contribution >= 4 is 0 Å². The molecule has 0 unspecified atom stereocenters. The third-order valence-corrected chi connectivity index (χ3v) is 2.70. The third kappa shape index (κ3) is 5.79. The third-order valence-electron chi connectivity index (χ3n) is 2.70. The van der Waals surface area contributed by atoms with Crippen molar-refractivity contribution in [2.45, 2.75) is 32.2 Å². The molecule has 0 aliphatic carbocycles. The number of hydrogen-bond donors (Lipinski definition) is 1. The molecule has 1 aromatic rings. The smallest absolute Gasteiger partial charge is 0.312 e. The van der Waals surface area contributed by atoms with E-state index in [9.17, 15) is 26.3 Å². The molecule has 0 saturated heterocycles. The summed E-state index contributed by atoms with van der Waals surface area (Å²) < 4.78 is 75.8. The van der Waals surface area contributed by atoms with E-state index in [1.807, 2.05) is 19.1 Å². The second kappa shape index (κ2) is 6.98. The zero-order valence-corrected chi connectivity index (χ0v) is 11.3. The lowest BCUT2D eigenvalue weighted by Gasteiger charge is -2.14. The van der Waals surface area contributed by atoms with E-state index in [2.05, 4.69) is 5.32 Å². The van der Waals surface area contributed by atoms with Gasteiger partial charge in [-0.3, -0.25) is 0 Å². The Balaban J connectivity index is 2.92. The van der Waals surface area contributed by atoms with Crippen LogP contribution in [0.25, 0.3) is 0 Å². The predicted octanol–water partition coefficient (Wildman–Crippen LogP) is 4.78. The molecule has 0 aliphatic rings. The fourth-order valence-electron chi connectivity index (χ4n) is 1.71. The van der Waals surface area contributed by atoms with Gasteiger partial charge in [-0.1, -0.05) is 12.2 Å². The Bertz CT molecular complexity index is 455. The van der Waals surface area contributed by atoms with Crippen molar-refractivity contribution in [2.24, 2.45) is 0 Å². The highest BCUT2D eigenvalue weighted by molar-refractivity contribution is 5.33. The molecule has 0 bridgehead atoms. The van der Waals surface area contributed by atoms with E-state index in [1.165, 1.54) is 0 Å². The molecule has 0 spiro atoms. The molecule has 1 nitrogen and oxygen atoms in total. The lowest BCUT2D eigenvalue weighted by Crippen LogP contribution is -2.17. The van der Waals surface area contributed by atoms with Crippen LogP contribution < -0.4 is 5.32 Å². The fourth-order valence-corrected chi connectivity index (χ4v) is 1.71. The van der Waals surface area contributed by atoms with Crippen LogP contribution in [-0.4, -0.2) is 6.54 Å². The largest absolute Gasteiger partial charge is 0.416 e. The van der Waals surface area contributed by atoms with Crippen molar-refractivity contribution in [3.63, 3.8) is 0 Å². The highest BCUT2D eigenvalue weighted by Gasteiger charge is 2.36. The number of hydrogen-bond acceptors (Lipinski definition) is 1. The number of allylic oxidation sites excluding steroid dienone is 1. The molecule has 0 fully saturated rings. The first-order valence-electron chi connectivity index (χ1n) is 6.25. The Labute approximate surface area is 118 Å². The quantitative estimate of drug-likeness (QED) is 0.469. The maximum atomic E-state index is 12.6. The van der Waals surface area contributed by atoms with Crippen molar-refractivity contribution < 1.29 is 26.3 Å². The van der Waals surface area contributed by atoms with Crippen LogP contribution in [0.3, 0.4) is 0 Å². The van der Waals surface area contributed by atoms with E-state index in [0.29, 0.717) is 13.0 Å². The van der Waals surface area contributed by atoms with Crippen LogP contribution in [0.5, 0.6) is 0 Å². The summed E-state index contributed by atoms with van der Waals surface area (Å²) in [5.74, 6) is 0. The van der Waals surface area contributed by atoms with Crippen LogP contribution in [0.15, 0.2) is 30.4 Å². The predicted molar refractivity (Wildman–Crippen MR) is 67.6 cm³/mol. The van der Waals surface area contributed by atoms with Crippen molar-refractivity contribution in [1.29, 1.82) is 0 Å². The van der Waals surface area contributed by atoms with Gasteiger partial charge in [0.2, 0.25) is 0 Å². The highest BCUT2D eigenvalue weighted by Crippen LogP contribution is 2.36. The molecule has 1 rings (SSSR count). The summed E-state index contributed by atoms with van der Waals surface area (Å²) in [5, 5.41) is 2.81. The second-order valence-corrected chi connectivity index (χ2v) is 4.45. The number of halogens is 6. The maximum absolute atomic E-state index is 12.6. The van der Waals surface area contributed by atoms with Gasteiger partial charge in [0, 0.05) is 6.54 Å². The summed E-state index contributed by atoms with van der Waals surface area (Å²) in [6.07, 6.45) is -5.29. The van der Waals surface area contributed by atoms with Crippen LogP contribution >= 0.6 is 0 Å². The molecule has 0 saturated carbocycles. The Morgan fingerprint density at radius 3 is 1.90 bits per heavy atom. The topological polar surface area (TPSA) is 12.0 Å². The van der Waals surface area contributed by atoms with Crippen LogP contribution in [-0.2, 0) is 18.9 Å². The molecule has 0 amide bonds. The molecular formula is C14H15F6N. The van der Waals surface area contributed by atoms with Crippen LogP contribution in [0.2, 0.25) is 0 Å². The number of alkyl halides is 6. The van der Waals surface area contributed by atoms with E-state index in [1.54, 1.807) is 0 Å². The van der Waals surface area contributed by atoms with Crippen molar-refractivity contribution in [3.8, 4) is 0 Å². The van der Waals surface area contributed by atoms with Crippen molar-refractivity contribution in [2.75, 3.05) is 6.54 Å². The Hall–Kier alpha value is -1.50. The van der Waals surface area contributed by atoms with Gasteiger partial charge in [-0.2, -0.15) is 26.3 Å². The molecule has 0 atom stereocenters. The minimum absolute atomic E-state index is 0.0439. The first-order chi connectivity index (χ1) is 9.64. The first-order valence-corrected chi connectivity index (χ1v) is 6.25. The second-order valence-electron chi connectivity index (χ2n) is 4.45. The van der Waals surface area contributed by atoms with E-state index >= 15 is 0 Å². The summed E-state index contributed by atoms with van der Waals surface area (Å²) in [6, 6.07) is 1.60. The number of benzene rings is 1. The summed E-state index contributed by atoms with van der Waals surface area (Å²) >= 11 is 0. The molecule has 7 heteroatoms. The molecule has 0 aliphatic heterocycles. The molecule has 0 aromatic heterocycles. The minimum Gasteiger partial charge on any atom is -0.312 e.